The molecule has 1 aliphatic heterocycles. The average molecular weight is 334 g/mol. The number of hydrogen-bond acceptors (Lipinski definition) is 4. The van der Waals surface area contributed by atoms with E-state index >= 15 is 0 Å². The number of piperidine rings is 1. The highest BCUT2D eigenvalue weighted by Crippen LogP contribution is 2.56. The zero-order valence-electron chi connectivity index (χ0n) is 14.5. The standard InChI is InChI=1S/C19H31N3S/c1-15-3-2-4-16(11-15)13-22(14-18-21-9-10-23-18)17-12-19(17)5-7-20-8-6-19/h9-10,15-17,20H,2-8,11-14H2,1H3. The molecule has 1 saturated heterocycles. The maximum Gasteiger partial charge on any atom is 0.107 e. The first-order chi connectivity index (χ1) is 11.3. The molecule has 0 bridgehead atoms. The van der Waals surface area contributed by atoms with Crippen molar-refractivity contribution in [3.8, 4) is 0 Å². The first-order valence-corrected chi connectivity index (χ1v) is 10.5. The minimum absolute atomic E-state index is 0.642. The van der Waals surface area contributed by atoms with Crippen molar-refractivity contribution in [2.45, 2.75) is 64.5 Å². The van der Waals surface area contributed by atoms with Crippen molar-refractivity contribution in [2.75, 3.05) is 19.6 Å². The van der Waals surface area contributed by atoms with Crippen molar-refractivity contribution in [3.63, 3.8) is 0 Å². The van der Waals surface area contributed by atoms with Crippen LogP contribution < -0.4 is 5.32 Å². The second kappa shape index (κ2) is 6.81. The van der Waals surface area contributed by atoms with Crippen LogP contribution in [0.2, 0.25) is 0 Å². The summed E-state index contributed by atoms with van der Waals surface area (Å²) in [6, 6.07) is 0.825. The minimum atomic E-state index is 0.642. The Balaban J connectivity index is 1.43. The first-order valence-electron chi connectivity index (χ1n) is 9.58. The largest absolute Gasteiger partial charge is 0.317 e. The predicted octanol–water partition coefficient (Wildman–Crippen LogP) is 3.91. The summed E-state index contributed by atoms with van der Waals surface area (Å²) in [4.78, 5) is 7.40. The summed E-state index contributed by atoms with van der Waals surface area (Å²) in [6.45, 7) is 7.29. The molecule has 0 amide bonds. The lowest BCUT2D eigenvalue weighted by Gasteiger charge is -2.34. The van der Waals surface area contributed by atoms with Crippen LogP contribution in [0.4, 0.5) is 0 Å². The molecule has 3 unspecified atom stereocenters. The molecule has 4 rings (SSSR count). The van der Waals surface area contributed by atoms with E-state index in [9.17, 15) is 0 Å². The summed E-state index contributed by atoms with van der Waals surface area (Å²) in [6.07, 6.45) is 11.9. The first kappa shape index (κ1) is 16.0. The summed E-state index contributed by atoms with van der Waals surface area (Å²) in [5, 5.41) is 6.98. The van der Waals surface area contributed by atoms with Crippen LogP contribution in [-0.2, 0) is 6.54 Å². The van der Waals surface area contributed by atoms with Gasteiger partial charge < -0.3 is 5.32 Å². The van der Waals surface area contributed by atoms with Crippen molar-refractivity contribution in [1.82, 2.24) is 15.2 Å². The molecule has 1 aromatic heterocycles. The van der Waals surface area contributed by atoms with Crippen LogP contribution >= 0.6 is 11.3 Å². The molecule has 0 aromatic carbocycles. The van der Waals surface area contributed by atoms with Crippen molar-refractivity contribution in [1.29, 1.82) is 0 Å². The van der Waals surface area contributed by atoms with Gasteiger partial charge in [-0.1, -0.05) is 19.8 Å². The Hall–Kier alpha value is -0.450. The maximum absolute atomic E-state index is 4.57. The number of nitrogens with one attached hydrogen (secondary N) is 1. The monoisotopic (exact) mass is 333 g/mol. The Morgan fingerprint density at radius 3 is 2.96 bits per heavy atom. The van der Waals surface area contributed by atoms with Gasteiger partial charge >= 0.3 is 0 Å². The maximum atomic E-state index is 4.57. The van der Waals surface area contributed by atoms with Gasteiger partial charge in [-0.15, -0.1) is 11.3 Å². The third kappa shape index (κ3) is 3.64. The fraction of sp³-hybridized carbons (Fsp3) is 0.842. The van der Waals surface area contributed by atoms with Gasteiger partial charge in [0.05, 0.1) is 6.54 Å². The SMILES string of the molecule is CC1CCCC(CN(Cc2nccs2)C2CC23CCNCC3)C1. The molecule has 128 valence electrons. The normalized spacial score (nSPS) is 33.2. The highest BCUT2D eigenvalue weighted by molar-refractivity contribution is 7.09. The number of nitrogens with zero attached hydrogens (tertiary/aromatic N) is 2. The Kier molecular flexibility index (Phi) is 4.75. The van der Waals surface area contributed by atoms with Gasteiger partial charge in [-0.2, -0.15) is 0 Å². The third-order valence-electron chi connectivity index (χ3n) is 6.55. The van der Waals surface area contributed by atoms with E-state index in [2.05, 4.69) is 27.5 Å². The molecule has 3 nitrogen and oxygen atoms in total. The van der Waals surface area contributed by atoms with Crippen molar-refractivity contribution in [2.24, 2.45) is 17.3 Å². The fourth-order valence-corrected chi connectivity index (χ4v) is 5.81. The lowest BCUT2D eigenvalue weighted by molar-refractivity contribution is 0.140. The zero-order valence-corrected chi connectivity index (χ0v) is 15.3. The highest BCUT2D eigenvalue weighted by Gasteiger charge is 2.56. The molecule has 1 spiro atoms. The van der Waals surface area contributed by atoms with Gasteiger partial charge in [0.2, 0.25) is 0 Å². The van der Waals surface area contributed by atoms with E-state index < -0.39 is 0 Å². The molecule has 3 fully saturated rings. The second-order valence-corrected chi connectivity index (χ2v) is 9.30. The van der Waals surface area contributed by atoms with Crippen LogP contribution in [0.3, 0.4) is 0 Å². The summed E-state index contributed by atoms with van der Waals surface area (Å²) in [5.74, 6) is 1.85. The lowest BCUT2D eigenvalue weighted by atomic mass is 9.82. The van der Waals surface area contributed by atoms with Gasteiger partial charge in [-0.05, 0) is 62.4 Å². The van der Waals surface area contributed by atoms with Crippen molar-refractivity contribution in [3.05, 3.63) is 16.6 Å². The Morgan fingerprint density at radius 2 is 2.22 bits per heavy atom. The lowest BCUT2D eigenvalue weighted by Crippen LogP contribution is -2.38. The molecule has 1 aromatic rings. The van der Waals surface area contributed by atoms with Crippen LogP contribution in [0.25, 0.3) is 0 Å². The van der Waals surface area contributed by atoms with E-state index in [-0.39, 0.29) is 0 Å². The summed E-state index contributed by atoms with van der Waals surface area (Å²) < 4.78 is 0. The second-order valence-electron chi connectivity index (χ2n) is 8.33. The van der Waals surface area contributed by atoms with Gasteiger partial charge in [0.25, 0.3) is 0 Å². The number of thiazole rings is 1. The molecule has 2 heterocycles. The predicted molar refractivity (Wildman–Crippen MR) is 96.6 cm³/mol. The Morgan fingerprint density at radius 1 is 1.35 bits per heavy atom. The van der Waals surface area contributed by atoms with Gasteiger partial charge in [0.15, 0.2) is 0 Å². The molecule has 3 atom stereocenters. The molecule has 4 heteroatoms. The van der Waals surface area contributed by atoms with Crippen molar-refractivity contribution >= 4 is 11.3 Å². The van der Waals surface area contributed by atoms with Crippen LogP contribution in [-0.4, -0.2) is 35.6 Å². The Bertz CT molecular complexity index is 495. The summed E-state index contributed by atoms with van der Waals surface area (Å²) >= 11 is 1.83. The molecule has 3 aliphatic rings. The number of hydrogen-bond donors (Lipinski definition) is 1. The van der Waals surface area contributed by atoms with Gasteiger partial charge in [-0.25, -0.2) is 4.98 Å². The molecule has 2 saturated carbocycles. The van der Waals surface area contributed by atoms with Crippen LogP contribution in [0, 0.1) is 17.3 Å². The number of rotatable bonds is 5. The summed E-state index contributed by atoms with van der Waals surface area (Å²) in [7, 11) is 0. The molecule has 1 N–H and O–H groups in total. The molecule has 0 radical (unpaired) electrons. The number of aromatic nitrogens is 1. The van der Waals surface area contributed by atoms with E-state index in [4.69, 9.17) is 0 Å². The van der Waals surface area contributed by atoms with Crippen LogP contribution in [0.1, 0.15) is 56.9 Å². The quantitative estimate of drug-likeness (QED) is 0.885. The average Bonchev–Trinajstić information content (AvgIpc) is 2.99. The zero-order chi connectivity index (χ0) is 15.7. The topological polar surface area (TPSA) is 28.2 Å². The van der Waals surface area contributed by atoms with Gasteiger partial charge in [-0.3, -0.25) is 4.90 Å². The highest BCUT2D eigenvalue weighted by atomic mass is 32.1. The van der Waals surface area contributed by atoms with Crippen molar-refractivity contribution < 1.29 is 0 Å². The summed E-state index contributed by atoms with van der Waals surface area (Å²) in [5.41, 5.74) is 0.642. The van der Waals surface area contributed by atoms with E-state index in [0.29, 0.717) is 5.41 Å². The molecule has 2 aliphatic carbocycles. The Labute approximate surface area is 144 Å². The van der Waals surface area contributed by atoms with E-state index in [1.807, 2.05) is 17.5 Å². The smallest absolute Gasteiger partial charge is 0.107 e. The molecule has 23 heavy (non-hydrogen) atoms. The minimum Gasteiger partial charge on any atom is -0.317 e. The fourth-order valence-electron chi connectivity index (χ4n) is 5.17. The van der Waals surface area contributed by atoms with E-state index in [1.54, 1.807) is 0 Å². The van der Waals surface area contributed by atoms with Gasteiger partial charge in [0, 0.05) is 24.2 Å². The molecular formula is C19H31N3S. The van der Waals surface area contributed by atoms with Gasteiger partial charge in [0.1, 0.15) is 5.01 Å². The third-order valence-corrected chi connectivity index (χ3v) is 7.31. The van der Waals surface area contributed by atoms with Crippen LogP contribution in [0.5, 0.6) is 0 Å². The molecular weight excluding hydrogens is 302 g/mol. The van der Waals surface area contributed by atoms with E-state index in [1.165, 1.54) is 69.6 Å². The van der Waals surface area contributed by atoms with Crippen LogP contribution in [0.15, 0.2) is 11.6 Å². The van der Waals surface area contributed by atoms with E-state index in [0.717, 1.165) is 24.4 Å².